The lowest BCUT2D eigenvalue weighted by Crippen LogP contribution is -2.45. The van der Waals surface area contributed by atoms with E-state index in [1.807, 2.05) is 13.8 Å². The van der Waals surface area contributed by atoms with Gasteiger partial charge in [0.25, 0.3) is 0 Å². The minimum absolute atomic E-state index is 0.0744. The summed E-state index contributed by atoms with van der Waals surface area (Å²) in [5.74, 6) is 0.366. The average molecular weight is 230 g/mol. The van der Waals surface area contributed by atoms with Crippen molar-refractivity contribution in [2.24, 2.45) is 5.92 Å². The molecule has 1 amide bonds. The first kappa shape index (κ1) is 13.3. The lowest BCUT2D eigenvalue weighted by molar-refractivity contribution is 0.00729. The van der Waals surface area contributed by atoms with Crippen LogP contribution in [0, 0.1) is 5.92 Å². The monoisotopic (exact) mass is 230 g/mol. The van der Waals surface area contributed by atoms with E-state index < -0.39 is 0 Å². The van der Waals surface area contributed by atoms with E-state index in [2.05, 4.69) is 5.32 Å². The van der Waals surface area contributed by atoms with E-state index in [9.17, 15) is 4.79 Å². The van der Waals surface area contributed by atoms with Gasteiger partial charge in [-0.05, 0) is 5.92 Å². The van der Waals surface area contributed by atoms with Crippen molar-refractivity contribution in [3.05, 3.63) is 0 Å². The third-order valence-electron chi connectivity index (χ3n) is 2.33. The highest BCUT2D eigenvalue weighted by Crippen LogP contribution is 2.01. The Morgan fingerprint density at radius 2 is 2.38 bits per heavy atom. The largest absolute Gasteiger partial charge is 0.449 e. The summed E-state index contributed by atoms with van der Waals surface area (Å²) >= 11 is 0. The number of rotatable bonds is 4. The highest BCUT2D eigenvalue weighted by atomic mass is 16.6. The van der Waals surface area contributed by atoms with Gasteiger partial charge in [-0.25, -0.2) is 4.79 Å². The van der Waals surface area contributed by atoms with Crippen molar-refractivity contribution in [3.63, 3.8) is 0 Å². The summed E-state index contributed by atoms with van der Waals surface area (Å²) in [4.78, 5) is 13.1. The van der Waals surface area contributed by atoms with E-state index in [4.69, 9.17) is 9.47 Å². The Hall–Kier alpha value is -0.810. The van der Waals surface area contributed by atoms with Crippen molar-refractivity contribution in [1.29, 1.82) is 0 Å². The number of amides is 1. The molecule has 1 unspecified atom stereocenters. The first-order valence-corrected chi connectivity index (χ1v) is 5.79. The molecule has 0 saturated carbocycles. The number of carbonyl (C=O) groups excluding carboxylic acids is 1. The summed E-state index contributed by atoms with van der Waals surface area (Å²) in [6.45, 7) is 7.46. The molecule has 1 rings (SSSR count). The van der Waals surface area contributed by atoms with Gasteiger partial charge in [0.2, 0.25) is 0 Å². The molecular weight excluding hydrogens is 208 g/mol. The standard InChI is InChI=1S/C11H22N2O3/c1-9(2)8-16-11(14)13(3)7-10-6-12-4-5-15-10/h9-10,12H,4-8H2,1-3H3. The highest BCUT2D eigenvalue weighted by molar-refractivity contribution is 5.67. The lowest BCUT2D eigenvalue weighted by Gasteiger charge is -2.27. The van der Waals surface area contributed by atoms with Crippen LogP contribution in [0.3, 0.4) is 0 Å². The Kier molecular flexibility index (Phi) is 5.55. The molecule has 0 radical (unpaired) electrons. The Balaban J connectivity index is 2.21. The molecule has 1 fully saturated rings. The van der Waals surface area contributed by atoms with E-state index >= 15 is 0 Å². The maximum absolute atomic E-state index is 11.5. The van der Waals surface area contributed by atoms with Crippen molar-refractivity contribution in [1.82, 2.24) is 10.2 Å². The van der Waals surface area contributed by atoms with Crippen LogP contribution in [-0.2, 0) is 9.47 Å². The molecule has 1 aliphatic rings. The fourth-order valence-corrected chi connectivity index (χ4v) is 1.47. The van der Waals surface area contributed by atoms with Crippen LogP contribution in [0.15, 0.2) is 0 Å². The van der Waals surface area contributed by atoms with Gasteiger partial charge in [0.1, 0.15) is 0 Å². The van der Waals surface area contributed by atoms with Crippen LogP contribution in [0.2, 0.25) is 0 Å². The van der Waals surface area contributed by atoms with E-state index in [1.54, 1.807) is 11.9 Å². The maximum Gasteiger partial charge on any atom is 0.409 e. The van der Waals surface area contributed by atoms with Gasteiger partial charge in [-0.2, -0.15) is 0 Å². The zero-order valence-electron chi connectivity index (χ0n) is 10.4. The molecular formula is C11H22N2O3. The van der Waals surface area contributed by atoms with E-state index in [-0.39, 0.29) is 12.2 Å². The SMILES string of the molecule is CC(C)COC(=O)N(C)CC1CNCCO1. The third-order valence-corrected chi connectivity index (χ3v) is 2.33. The number of nitrogens with one attached hydrogen (secondary N) is 1. The number of nitrogens with zero attached hydrogens (tertiary/aromatic N) is 1. The average Bonchev–Trinajstić information content (AvgIpc) is 2.27. The van der Waals surface area contributed by atoms with Crippen molar-refractivity contribution in [3.8, 4) is 0 Å². The molecule has 5 heteroatoms. The molecule has 1 heterocycles. The predicted octanol–water partition coefficient (Wildman–Crippen LogP) is 0.699. The fourth-order valence-electron chi connectivity index (χ4n) is 1.47. The van der Waals surface area contributed by atoms with Crippen LogP contribution in [0.25, 0.3) is 0 Å². The van der Waals surface area contributed by atoms with Crippen LogP contribution in [-0.4, -0.2) is 57.0 Å². The van der Waals surface area contributed by atoms with E-state index in [0.29, 0.717) is 25.7 Å². The maximum atomic E-state index is 11.5. The zero-order chi connectivity index (χ0) is 12.0. The Morgan fingerprint density at radius 3 is 2.94 bits per heavy atom. The quantitative estimate of drug-likeness (QED) is 0.772. The molecule has 16 heavy (non-hydrogen) atoms. The highest BCUT2D eigenvalue weighted by Gasteiger charge is 2.19. The molecule has 0 bridgehead atoms. The van der Waals surface area contributed by atoms with E-state index in [1.165, 1.54) is 0 Å². The van der Waals surface area contributed by atoms with Crippen molar-refractivity contribution in [2.75, 3.05) is 39.9 Å². The summed E-state index contributed by atoms with van der Waals surface area (Å²) in [6.07, 6.45) is -0.201. The summed E-state index contributed by atoms with van der Waals surface area (Å²) in [6, 6.07) is 0. The molecule has 0 aromatic heterocycles. The first-order valence-electron chi connectivity index (χ1n) is 5.79. The molecule has 1 N–H and O–H groups in total. The molecule has 0 aromatic rings. The molecule has 1 aliphatic heterocycles. The van der Waals surface area contributed by atoms with Crippen LogP contribution in [0.1, 0.15) is 13.8 Å². The second-order valence-electron chi connectivity index (χ2n) is 4.55. The van der Waals surface area contributed by atoms with Crippen LogP contribution >= 0.6 is 0 Å². The minimum Gasteiger partial charge on any atom is -0.449 e. The first-order chi connectivity index (χ1) is 7.59. The predicted molar refractivity (Wildman–Crippen MR) is 61.4 cm³/mol. The van der Waals surface area contributed by atoms with Crippen LogP contribution in [0.5, 0.6) is 0 Å². The third kappa shape index (κ3) is 4.81. The smallest absolute Gasteiger partial charge is 0.409 e. The van der Waals surface area contributed by atoms with Gasteiger partial charge < -0.3 is 19.7 Å². The summed E-state index contributed by atoms with van der Waals surface area (Å²) in [5.41, 5.74) is 0. The molecule has 1 saturated heterocycles. The zero-order valence-corrected chi connectivity index (χ0v) is 10.4. The molecule has 0 aromatic carbocycles. The van der Waals surface area contributed by atoms with Gasteiger partial charge in [-0.1, -0.05) is 13.8 Å². The number of ether oxygens (including phenoxy) is 2. The Labute approximate surface area is 97.1 Å². The lowest BCUT2D eigenvalue weighted by atomic mass is 10.2. The van der Waals surface area contributed by atoms with Crippen molar-refractivity contribution >= 4 is 6.09 Å². The normalized spacial score (nSPS) is 20.9. The number of hydrogen-bond donors (Lipinski definition) is 1. The number of morpholine rings is 1. The van der Waals surface area contributed by atoms with Gasteiger partial charge >= 0.3 is 6.09 Å². The molecule has 94 valence electrons. The van der Waals surface area contributed by atoms with Crippen molar-refractivity contribution < 1.29 is 14.3 Å². The second kappa shape index (κ2) is 6.70. The number of hydrogen-bond acceptors (Lipinski definition) is 4. The van der Waals surface area contributed by atoms with E-state index in [0.717, 1.165) is 13.1 Å². The summed E-state index contributed by atoms with van der Waals surface area (Å²) in [7, 11) is 1.74. The summed E-state index contributed by atoms with van der Waals surface area (Å²) in [5, 5.41) is 3.23. The van der Waals surface area contributed by atoms with Crippen LogP contribution < -0.4 is 5.32 Å². The van der Waals surface area contributed by atoms with Gasteiger partial charge in [0, 0.05) is 20.1 Å². The number of likely N-dealkylation sites (N-methyl/N-ethyl adjacent to an activating group) is 1. The molecule has 1 atom stereocenters. The van der Waals surface area contributed by atoms with Crippen molar-refractivity contribution in [2.45, 2.75) is 20.0 Å². The fraction of sp³-hybridized carbons (Fsp3) is 0.909. The van der Waals surface area contributed by atoms with Gasteiger partial charge in [0.05, 0.1) is 25.9 Å². The Bertz CT molecular complexity index is 215. The molecule has 0 spiro atoms. The molecule has 0 aliphatic carbocycles. The number of carbonyl (C=O) groups is 1. The Morgan fingerprint density at radius 1 is 1.62 bits per heavy atom. The van der Waals surface area contributed by atoms with Crippen LogP contribution in [0.4, 0.5) is 4.79 Å². The topological polar surface area (TPSA) is 50.8 Å². The van der Waals surface area contributed by atoms with Gasteiger partial charge in [-0.3, -0.25) is 0 Å². The van der Waals surface area contributed by atoms with Gasteiger partial charge in [-0.15, -0.1) is 0 Å². The minimum atomic E-state index is -0.275. The summed E-state index contributed by atoms with van der Waals surface area (Å²) < 4.78 is 10.6. The second-order valence-corrected chi connectivity index (χ2v) is 4.55. The van der Waals surface area contributed by atoms with Gasteiger partial charge in [0.15, 0.2) is 0 Å². The molecule has 5 nitrogen and oxygen atoms in total.